The van der Waals surface area contributed by atoms with Crippen molar-refractivity contribution >= 4 is 79.3 Å². The molecule has 2 amide bonds. The van der Waals surface area contributed by atoms with Gasteiger partial charge in [0.05, 0.1) is 27.7 Å². The summed E-state index contributed by atoms with van der Waals surface area (Å²) >= 11 is 17.7. The lowest BCUT2D eigenvalue weighted by Crippen LogP contribution is -2.29. The van der Waals surface area contributed by atoms with Crippen LogP contribution >= 0.6 is 67.5 Å². The summed E-state index contributed by atoms with van der Waals surface area (Å²) in [5.74, 6) is -1.91. The van der Waals surface area contributed by atoms with Gasteiger partial charge in [-0.25, -0.2) is 19.8 Å². The van der Waals surface area contributed by atoms with Crippen LogP contribution in [0.3, 0.4) is 0 Å². The molecule has 0 aliphatic carbocycles. The number of hydrogen-bond donors (Lipinski definition) is 3. The second-order valence-electron chi connectivity index (χ2n) is 6.67. The molecule has 1 aliphatic rings. The number of rotatable bonds is 3. The lowest BCUT2D eigenvalue weighted by Gasteiger charge is -2.15. The van der Waals surface area contributed by atoms with E-state index in [0.29, 0.717) is 21.2 Å². The van der Waals surface area contributed by atoms with Crippen molar-refractivity contribution in [3.8, 4) is 0 Å². The number of nitrogens with two attached hydrogens (primary N) is 1. The van der Waals surface area contributed by atoms with Gasteiger partial charge in [0.2, 0.25) is 0 Å². The summed E-state index contributed by atoms with van der Waals surface area (Å²) in [5, 5.41) is 0.0378. The van der Waals surface area contributed by atoms with Crippen molar-refractivity contribution in [2.45, 2.75) is 20.5 Å². The van der Waals surface area contributed by atoms with Crippen molar-refractivity contribution in [1.29, 1.82) is 11.1 Å². The number of carbonyl (C=O) groups is 2. The minimum Gasteiger partial charge on any atom is -0.412 e. The fourth-order valence-corrected chi connectivity index (χ4v) is 4.79. The Morgan fingerprint density at radius 3 is 1.65 bits per heavy atom. The third kappa shape index (κ3) is 8.78. The zero-order chi connectivity index (χ0) is 25.6. The van der Waals surface area contributed by atoms with Gasteiger partial charge >= 0.3 is 0 Å². The highest BCUT2D eigenvalue weighted by atomic mass is 79.9. The molecule has 4 rings (SSSR count). The van der Waals surface area contributed by atoms with Gasteiger partial charge in [0.1, 0.15) is 11.6 Å². The molecule has 0 spiro atoms. The number of imide groups is 1. The zero-order valence-electron chi connectivity index (χ0n) is 18.1. The number of fused-ring (bicyclic) bond motifs is 1. The lowest BCUT2D eigenvalue weighted by atomic mass is 10.1. The van der Waals surface area contributed by atoms with Gasteiger partial charge in [0, 0.05) is 28.0 Å². The largest absolute Gasteiger partial charge is 0.412 e. The Labute approximate surface area is 247 Å². The number of benzene rings is 3. The maximum atomic E-state index is 14.0. The van der Waals surface area contributed by atoms with Gasteiger partial charge in [-0.1, -0.05) is 74.6 Å². The number of amides is 2. The predicted octanol–water partition coefficient (Wildman–Crippen LogP) is 7.81. The first kappa shape index (κ1) is 37.2. The average molecular weight is 710 g/mol. The minimum absolute atomic E-state index is 0. The van der Waals surface area contributed by atoms with E-state index in [-0.39, 0.29) is 55.4 Å². The normalized spacial score (nSPS) is 10.9. The summed E-state index contributed by atoms with van der Waals surface area (Å²) in [4.78, 5) is 25.5. The van der Waals surface area contributed by atoms with Crippen LogP contribution in [0.25, 0.3) is 0 Å². The van der Waals surface area contributed by atoms with Crippen molar-refractivity contribution in [2.24, 2.45) is 5.73 Å². The molecule has 0 saturated carbocycles. The fourth-order valence-electron chi connectivity index (χ4n) is 3.04. The highest BCUT2D eigenvalue weighted by molar-refractivity contribution is 9.10. The molecule has 14 heteroatoms. The van der Waals surface area contributed by atoms with Crippen LogP contribution in [0.4, 0.5) is 8.78 Å². The van der Waals surface area contributed by atoms with Gasteiger partial charge in [0.25, 0.3) is 11.8 Å². The van der Waals surface area contributed by atoms with E-state index < -0.39 is 23.4 Å². The molecule has 0 fully saturated rings. The van der Waals surface area contributed by atoms with E-state index in [2.05, 4.69) is 31.9 Å². The van der Waals surface area contributed by atoms with Gasteiger partial charge in [0.15, 0.2) is 0 Å². The maximum absolute atomic E-state index is 14.0. The molecule has 7 nitrogen and oxygen atoms in total. The number of carbonyl (C=O) groups excluding carboxylic acids is 2. The fraction of sp³-hybridized carbons (Fsp3) is 0.130. The molecule has 0 atom stereocenters. The maximum Gasteiger partial charge on any atom is 0.261 e. The molecule has 0 aromatic heterocycles. The molecule has 6 N–H and O–H groups in total. The van der Waals surface area contributed by atoms with E-state index in [4.69, 9.17) is 40.0 Å². The van der Waals surface area contributed by atoms with Crippen molar-refractivity contribution in [3.05, 3.63) is 101 Å². The van der Waals surface area contributed by atoms with Crippen LogP contribution in [0, 0.1) is 22.7 Å². The monoisotopic (exact) mass is 706 g/mol. The van der Waals surface area contributed by atoms with Crippen LogP contribution in [0.5, 0.6) is 0 Å². The molecule has 0 radical (unpaired) electrons. The van der Waals surface area contributed by atoms with Crippen molar-refractivity contribution in [3.63, 3.8) is 0 Å². The smallest absolute Gasteiger partial charge is 0.261 e. The Morgan fingerprint density at radius 1 is 0.865 bits per heavy atom. The minimum atomic E-state index is -0.628. The average Bonchev–Trinajstić information content (AvgIpc) is 3.06. The Balaban J connectivity index is -0.000000626. The first-order valence-electron chi connectivity index (χ1n) is 9.31. The Bertz CT molecular complexity index is 1230. The Kier molecular flexibility index (Phi) is 16.8. The molecule has 3 aromatic rings. The molecular formula is C23H25Br2Cl3F2N4O3. The van der Waals surface area contributed by atoms with E-state index >= 15 is 0 Å². The van der Waals surface area contributed by atoms with Crippen molar-refractivity contribution in [1.82, 2.24) is 4.90 Å². The third-order valence-electron chi connectivity index (χ3n) is 4.56. The van der Waals surface area contributed by atoms with Crippen LogP contribution in [0.1, 0.15) is 40.7 Å². The SMILES string of the molecule is C.Cl.N=N.NCc1cc(Br)cc(Cl)c1F.O.O=C1c2ccccc2C(=O)N1Cc1cc(Br)cc(Cl)c1F.[HH]. The second-order valence-corrected chi connectivity index (χ2v) is 9.31. The summed E-state index contributed by atoms with van der Waals surface area (Å²) in [6.07, 6.45) is 0. The van der Waals surface area contributed by atoms with Crippen LogP contribution < -0.4 is 5.73 Å². The van der Waals surface area contributed by atoms with Crippen molar-refractivity contribution < 1.29 is 25.3 Å². The molecule has 0 unspecified atom stereocenters. The third-order valence-corrected chi connectivity index (χ3v) is 6.03. The molecule has 0 saturated heterocycles. The van der Waals surface area contributed by atoms with Gasteiger partial charge in [-0.3, -0.25) is 14.5 Å². The van der Waals surface area contributed by atoms with E-state index in [1.807, 2.05) is 0 Å². The van der Waals surface area contributed by atoms with E-state index in [1.165, 1.54) is 18.2 Å². The molecule has 37 heavy (non-hydrogen) atoms. The molecule has 0 bridgehead atoms. The van der Waals surface area contributed by atoms with E-state index in [9.17, 15) is 18.4 Å². The molecular weight excluding hydrogens is 684 g/mol. The number of hydrogen-bond acceptors (Lipinski definition) is 5. The van der Waals surface area contributed by atoms with E-state index in [1.54, 1.807) is 30.3 Å². The van der Waals surface area contributed by atoms with E-state index in [0.717, 1.165) is 9.37 Å². The summed E-state index contributed by atoms with van der Waals surface area (Å²) in [5.41, 5.74) is 16.5. The van der Waals surface area contributed by atoms with Crippen LogP contribution in [0.15, 0.2) is 57.5 Å². The quantitative estimate of drug-likeness (QED) is 0.145. The number of halogens is 7. The Morgan fingerprint density at radius 2 is 1.24 bits per heavy atom. The van der Waals surface area contributed by atoms with Crippen LogP contribution in [-0.4, -0.2) is 22.2 Å². The topological polar surface area (TPSA) is 143 Å². The van der Waals surface area contributed by atoms with Gasteiger partial charge < -0.3 is 11.2 Å². The predicted molar refractivity (Wildman–Crippen MR) is 152 cm³/mol. The summed E-state index contributed by atoms with van der Waals surface area (Å²) < 4.78 is 28.3. The first-order chi connectivity index (χ1) is 16.1. The van der Waals surface area contributed by atoms with Crippen molar-refractivity contribution in [2.75, 3.05) is 0 Å². The van der Waals surface area contributed by atoms with Gasteiger partial charge in [-0.2, -0.15) is 0 Å². The van der Waals surface area contributed by atoms with Crippen LogP contribution in [-0.2, 0) is 13.1 Å². The summed E-state index contributed by atoms with van der Waals surface area (Å²) in [6.45, 7) is 0.00231. The second kappa shape index (κ2) is 16.8. The summed E-state index contributed by atoms with van der Waals surface area (Å²) in [6, 6.07) is 12.6. The number of nitrogens with one attached hydrogen (secondary N) is 2. The molecule has 204 valence electrons. The van der Waals surface area contributed by atoms with Gasteiger partial charge in [-0.15, -0.1) is 12.4 Å². The molecule has 1 aliphatic heterocycles. The highest BCUT2D eigenvalue weighted by Crippen LogP contribution is 2.29. The first-order valence-corrected chi connectivity index (χ1v) is 11.6. The van der Waals surface area contributed by atoms with Crippen LogP contribution in [0.2, 0.25) is 10.0 Å². The highest BCUT2D eigenvalue weighted by Gasteiger charge is 2.35. The molecule has 1 heterocycles. The molecule has 3 aromatic carbocycles. The zero-order valence-corrected chi connectivity index (χ0v) is 23.6. The standard InChI is InChI=1S/C15H8BrClFNO2.C7H6BrClFN.CH4.ClH.H2N2.H2O.H2/c16-9-5-8(13(18)12(17)6-9)7-19-14(20)10-3-1-2-4-11(10)15(19)21;8-5-1-4(3-11)7(10)6(9)2-5;;;1-2;;/h1-6H,7H2;1-2H,3,11H2;1H4;1H;1-2H;1H2;1H. The summed E-state index contributed by atoms with van der Waals surface area (Å²) in [7, 11) is 0. The number of nitrogens with zero attached hydrogens (tertiary/aromatic N) is 1. The Hall–Kier alpha value is -1.99. The van der Waals surface area contributed by atoms with Gasteiger partial charge in [-0.05, 0) is 36.4 Å². The lowest BCUT2D eigenvalue weighted by molar-refractivity contribution is 0.0641.